The van der Waals surface area contributed by atoms with Crippen molar-refractivity contribution < 1.29 is 9.59 Å². The van der Waals surface area contributed by atoms with Crippen LogP contribution < -0.4 is 16.2 Å². The highest BCUT2D eigenvalue weighted by atomic mass is 32.2. The van der Waals surface area contributed by atoms with Gasteiger partial charge in [-0.25, -0.2) is 9.78 Å². The molecule has 29 heavy (non-hydrogen) atoms. The maximum absolute atomic E-state index is 13.3. The Morgan fingerprint density at radius 3 is 2.79 bits per heavy atom. The Balaban J connectivity index is 1.91. The molecule has 0 aliphatic heterocycles. The summed E-state index contributed by atoms with van der Waals surface area (Å²) in [6.07, 6.45) is 6.04. The first-order valence-electron chi connectivity index (χ1n) is 10.3. The Hall–Kier alpha value is -1.87. The topological polar surface area (TPSA) is 93.1 Å². The molecule has 3 rings (SSSR count). The Kier molecular flexibility index (Phi) is 7.34. The number of thioether (sulfide) groups is 1. The number of fused-ring (bicyclic) bond motifs is 3. The first-order chi connectivity index (χ1) is 14.0. The van der Waals surface area contributed by atoms with E-state index in [1.165, 1.54) is 22.2 Å². The second-order valence-corrected chi connectivity index (χ2v) is 9.60. The molecular weight excluding hydrogens is 408 g/mol. The molecule has 1 aliphatic carbocycles. The highest BCUT2D eigenvalue weighted by molar-refractivity contribution is 8.00. The van der Waals surface area contributed by atoms with E-state index in [9.17, 15) is 14.4 Å². The first-order valence-corrected chi connectivity index (χ1v) is 12.0. The zero-order chi connectivity index (χ0) is 21.0. The van der Waals surface area contributed by atoms with E-state index < -0.39 is 17.2 Å². The van der Waals surface area contributed by atoms with Crippen LogP contribution in [0.4, 0.5) is 4.79 Å². The molecule has 0 fully saturated rings. The van der Waals surface area contributed by atoms with E-state index in [4.69, 9.17) is 4.98 Å². The fourth-order valence-corrected chi connectivity index (χ4v) is 5.73. The zero-order valence-electron chi connectivity index (χ0n) is 17.2. The lowest BCUT2D eigenvalue weighted by atomic mass is 10.2. The van der Waals surface area contributed by atoms with Crippen molar-refractivity contribution in [3.05, 3.63) is 20.8 Å². The molecule has 7 nitrogen and oxygen atoms in total. The van der Waals surface area contributed by atoms with Crippen molar-refractivity contribution in [3.63, 3.8) is 0 Å². The van der Waals surface area contributed by atoms with Crippen LogP contribution in [0.2, 0.25) is 0 Å². The molecule has 0 spiro atoms. The Labute approximate surface area is 178 Å². The van der Waals surface area contributed by atoms with Gasteiger partial charge in [-0.2, -0.15) is 0 Å². The van der Waals surface area contributed by atoms with Crippen molar-refractivity contribution in [2.45, 2.75) is 76.2 Å². The molecule has 0 bridgehead atoms. The summed E-state index contributed by atoms with van der Waals surface area (Å²) in [7, 11) is 0. The van der Waals surface area contributed by atoms with Crippen LogP contribution in [0, 0.1) is 0 Å². The van der Waals surface area contributed by atoms with Crippen LogP contribution in [0.5, 0.6) is 0 Å². The number of carbonyl (C=O) groups excluding carboxylic acids is 2. The summed E-state index contributed by atoms with van der Waals surface area (Å²) in [6.45, 7) is 6.67. The molecule has 2 N–H and O–H groups in total. The maximum Gasteiger partial charge on any atom is 0.321 e. The summed E-state index contributed by atoms with van der Waals surface area (Å²) in [4.78, 5) is 44.2. The first kappa shape index (κ1) is 21.8. The smallest absolute Gasteiger partial charge is 0.321 e. The molecule has 0 radical (unpaired) electrons. The number of unbranched alkanes of at least 4 members (excludes halogenated alkanes) is 2. The largest absolute Gasteiger partial charge is 0.338 e. The van der Waals surface area contributed by atoms with Crippen LogP contribution in [0.25, 0.3) is 10.2 Å². The average molecular weight is 437 g/mol. The lowest BCUT2D eigenvalue weighted by Crippen LogP contribution is -2.42. The third kappa shape index (κ3) is 4.83. The number of aryl methyl sites for hydroxylation is 2. The van der Waals surface area contributed by atoms with Crippen molar-refractivity contribution in [1.29, 1.82) is 0 Å². The van der Waals surface area contributed by atoms with Crippen molar-refractivity contribution in [3.8, 4) is 0 Å². The molecule has 1 aliphatic rings. The highest BCUT2D eigenvalue weighted by Crippen LogP contribution is 2.36. The summed E-state index contributed by atoms with van der Waals surface area (Å²) in [5, 5.41) is 5.65. The molecule has 0 aromatic carbocycles. The van der Waals surface area contributed by atoms with Crippen molar-refractivity contribution in [2.75, 3.05) is 6.54 Å². The van der Waals surface area contributed by atoms with E-state index >= 15 is 0 Å². The molecule has 9 heteroatoms. The molecular formula is C20H28N4O3S2. The quantitative estimate of drug-likeness (QED) is 0.375. The van der Waals surface area contributed by atoms with Crippen LogP contribution in [-0.2, 0) is 24.2 Å². The van der Waals surface area contributed by atoms with Crippen LogP contribution in [0.3, 0.4) is 0 Å². The van der Waals surface area contributed by atoms with E-state index in [1.54, 1.807) is 29.8 Å². The number of hydrogen-bond acceptors (Lipinski definition) is 6. The SMILES string of the molecule is CCCCCn1c(SC(C)C(=O)NC(=O)NCC)nc2sc3c(c2c1=O)CCC3. The summed E-state index contributed by atoms with van der Waals surface area (Å²) in [6, 6.07) is -0.511. The van der Waals surface area contributed by atoms with Gasteiger partial charge < -0.3 is 5.32 Å². The molecule has 2 aromatic rings. The van der Waals surface area contributed by atoms with E-state index in [1.807, 2.05) is 0 Å². The fourth-order valence-electron chi connectivity index (χ4n) is 3.50. The fraction of sp³-hybridized carbons (Fsp3) is 0.600. The minimum atomic E-state index is -0.550. The van der Waals surface area contributed by atoms with Gasteiger partial charge in [-0.15, -0.1) is 11.3 Å². The van der Waals surface area contributed by atoms with Gasteiger partial charge >= 0.3 is 6.03 Å². The van der Waals surface area contributed by atoms with Gasteiger partial charge in [0.1, 0.15) is 4.83 Å². The van der Waals surface area contributed by atoms with Gasteiger partial charge in [0.05, 0.1) is 10.6 Å². The summed E-state index contributed by atoms with van der Waals surface area (Å²) in [5.74, 6) is -0.399. The number of aromatic nitrogens is 2. The number of carbonyl (C=O) groups is 2. The van der Waals surface area contributed by atoms with Crippen molar-refractivity contribution in [1.82, 2.24) is 20.2 Å². The highest BCUT2D eigenvalue weighted by Gasteiger charge is 2.25. The van der Waals surface area contributed by atoms with Crippen LogP contribution >= 0.6 is 23.1 Å². The number of thiophene rings is 1. The Bertz CT molecular complexity index is 967. The Morgan fingerprint density at radius 2 is 2.07 bits per heavy atom. The van der Waals surface area contributed by atoms with Gasteiger partial charge in [-0.05, 0) is 45.1 Å². The number of imide groups is 1. The third-order valence-corrected chi connectivity index (χ3v) is 7.28. The third-order valence-electron chi connectivity index (χ3n) is 5.00. The molecule has 2 heterocycles. The predicted octanol–water partition coefficient (Wildman–Crippen LogP) is 3.46. The number of urea groups is 1. The van der Waals surface area contributed by atoms with Gasteiger partial charge in [0.15, 0.2) is 5.16 Å². The predicted molar refractivity (Wildman–Crippen MR) is 118 cm³/mol. The minimum Gasteiger partial charge on any atom is -0.338 e. The van der Waals surface area contributed by atoms with Crippen LogP contribution in [0.15, 0.2) is 9.95 Å². The number of nitrogens with one attached hydrogen (secondary N) is 2. The standard InChI is InChI=1S/C20H28N4O3S2/c1-4-6-7-11-24-18(26)15-13-9-8-10-14(13)29-17(15)23-20(24)28-12(3)16(25)22-19(27)21-5-2/h12H,4-11H2,1-3H3,(H2,21,22,25,27). The summed E-state index contributed by atoms with van der Waals surface area (Å²) in [5.41, 5.74) is 1.18. The normalized spacial score (nSPS) is 14.0. The minimum absolute atomic E-state index is 0.00402. The lowest BCUT2D eigenvalue weighted by Gasteiger charge is -2.15. The van der Waals surface area contributed by atoms with Gasteiger partial charge in [-0.1, -0.05) is 31.5 Å². The molecule has 3 amide bonds. The van der Waals surface area contributed by atoms with Gasteiger partial charge in [0, 0.05) is 18.0 Å². The molecule has 158 valence electrons. The van der Waals surface area contributed by atoms with E-state index in [0.717, 1.165) is 48.7 Å². The molecule has 0 saturated carbocycles. The van der Waals surface area contributed by atoms with Crippen LogP contribution in [-0.4, -0.2) is 33.3 Å². The molecule has 2 aromatic heterocycles. The van der Waals surface area contributed by atoms with Gasteiger partial charge in [0.25, 0.3) is 5.56 Å². The summed E-state index contributed by atoms with van der Waals surface area (Å²) < 4.78 is 1.73. The molecule has 1 unspecified atom stereocenters. The van der Waals surface area contributed by atoms with Crippen molar-refractivity contribution in [2.24, 2.45) is 0 Å². The second-order valence-electron chi connectivity index (χ2n) is 7.20. The number of hydrogen-bond donors (Lipinski definition) is 2. The van der Waals surface area contributed by atoms with Gasteiger partial charge in [-0.3, -0.25) is 19.5 Å². The van der Waals surface area contributed by atoms with E-state index in [-0.39, 0.29) is 5.56 Å². The van der Waals surface area contributed by atoms with Gasteiger partial charge in [0.2, 0.25) is 5.91 Å². The number of rotatable bonds is 8. The molecule has 1 atom stereocenters. The Morgan fingerprint density at radius 1 is 1.28 bits per heavy atom. The second kappa shape index (κ2) is 9.75. The maximum atomic E-state index is 13.3. The van der Waals surface area contributed by atoms with E-state index in [2.05, 4.69) is 17.6 Å². The number of nitrogens with zero attached hydrogens (tertiary/aromatic N) is 2. The summed E-state index contributed by atoms with van der Waals surface area (Å²) >= 11 is 2.83. The van der Waals surface area contributed by atoms with E-state index in [0.29, 0.717) is 18.2 Å². The number of amides is 3. The zero-order valence-corrected chi connectivity index (χ0v) is 18.8. The average Bonchev–Trinajstić information content (AvgIpc) is 3.25. The van der Waals surface area contributed by atoms with Crippen LogP contribution in [0.1, 0.15) is 56.9 Å². The van der Waals surface area contributed by atoms with Crippen molar-refractivity contribution >= 4 is 45.3 Å². The monoisotopic (exact) mass is 436 g/mol. The molecule has 0 saturated heterocycles. The lowest BCUT2D eigenvalue weighted by molar-refractivity contribution is -0.119.